The molecule has 4 nitrogen and oxygen atoms in total. The summed E-state index contributed by atoms with van der Waals surface area (Å²) < 4.78 is 32.5. The van der Waals surface area contributed by atoms with Gasteiger partial charge in [0.15, 0.2) is 0 Å². The Hall–Kier alpha value is -1.95. The number of ether oxygens (including phenoxy) is 1. The molecule has 0 bridgehead atoms. The minimum Gasteiger partial charge on any atom is -0.354 e. The first-order chi connectivity index (χ1) is 10.7. The smallest absolute Gasteiger partial charge is 0.245 e. The van der Waals surface area contributed by atoms with Crippen LogP contribution in [0.5, 0.6) is 0 Å². The Morgan fingerprint density at radius 1 is 1.00 bits per heavy atom. The molecule has 5 heteroatoms. The summed E-state index contributed by atoms with van der Waals surface area (Å²) in [5.41, 5.74) is 1.01. The van der Waals surface area contributed by atoms with Crippen LogP contribution in [0, 0.1) is 0 Å². The van der Waals surface area contributed by atoms with Crippen LogP contribution in [-0.2, 0) is 21.4 Å². The van der Waals surface area contributed by atoms with Gasteiger partial charge in [0.1, 0.15) is 6.23 Å². The summed E-state index contributed by atoms with van der Waals surface area (Å²) in [6.45, 7) is 0.702. The SMILES string of the molecule is O=S(=O)(c1ccccc1)N1CC=CC1OCc1ccccc1. The molecule has 1 aliphatic rings. The van der Waals surface area contributed by atoms with Gasteiger partial charge in [-0.05, 0) is 23.8 Å². The molecule has 2 aromatic rings. The van der Waals surface area contributed by atoms with Gasteiger partial charge in [0.2, 0.25) is 10.0 Å². The average molecular weight is 315 g/mol. The lowest BCUT2D eigenvalue weighted by Gasteiger charge is -2.24. The molecule has 0 saturated carbocycles. The van der Waals surface area contributed by atoms with Crippen LogP contribution in [-0.4, -0.2) is 25.5 Å². The zero-order chi connectivity index (χ0) is 15.4. The van der Waals surface area contributed by atoms with Crippen LogP contribution in [0.15, 0.2) is 77.7 Å². The molecule has 2 aromatic carbocycles. The molecule has 0 amide bonds. The minimum atomic E-state index is -3.55. The zero-order valence-electron chi connectivity index (χ0n) is 12.0. The van der Waals surface area contributed by atoms with Crippen LogP contribution >= 0.6 is 0 Å². The van der Waals surface area contributed by atoms with E-state index in [1.165, 1.54) is 4.31 Å². The first-order valence-electron chi connectivity index (χ1n) is 7.07. The molecule has 0 N–H and O–H groups in total. The van der Waals surface area contributed by atoms with E-state index in [9.17, 15) is 8.42 Å². The van der Waals surface area contributed by atoms with Crippen molar-refractivity contribution in [2.45, 2.75) is 17.7 Å². The fourth-order valence-corrected chi connectivity index (χ4v) is 3.80. The van der Waals surface area contributed by atoms with Gasteiger partial charge in [0.05, 0.1) is 11.5 Å². The van der Waals surface area contributed by atoms with E-state index in [2.05, 4.69) is 0 Å². The Bertz CT molecular complexity index is 742. The van der Waals surface area contributed by atoms with Gasteiger partial charge in [0.25, 0.3) is 0 Å². The molecule has 0 saturated heterocycles. The highest BCUT2D eigenvalue weighted by Gasteiger charge is 2.32. The first kappa shape index (κ1) is 15.0. The maximum atomic E-state index is 12.7. The molecular weight excluding hydrogens is 298 g/mol. The van der Waals surface area contributed by atoms with Crippen molar-refractivity contribution in [3.8, 4) is 0 Å². The summed E-state index contributed by atoms with van der Waals surface area (Å²) in [6.07, 6.45) is 3.03. The fraction of sp³-hybridized carbons (Fsp3) is 0.176. The maximum Gasteiger partial charge on any atom is 0.245 e. The molecule has 3 rings (SSSR count). The van der Waals surface area contributed by atoms with E-state index >= 15 is 0 Å². The molecule has 1 atom stereocenters. The molecule has 0 radical (unpaired) electrons. The molecular formula is C17H17NO3S. The van der Waals surface area contributed by atoms with Crippen LogP contribution in [0.2, 0.25) is 0 Å². The van der Waals surface area contributed by atoms with Gasteiger partial charge >= 0.3 is 0 Å². The summed E-state index contributed by atoms with van der Waals surface area (Å²) in [4.78, 5) is 0.284. The standard InChI is InChI=1S/C17H17NO3S/c19-22(20,16-10-5-2-6-11-16)18-13-7-12-17(18)21-14-15-8-3-1-4-9-15/h1-12,17H,13-14H2. The second-order valence-corrected chi connectivity index (χ2v) is 6.89. The summed E-state index contributed by atoms with van der Waals surface area (Å²) in [7, 11) is -3.55. The second-order valence-electron chi connectivity index (χ2n) is 5.00. The third-order valence-corrected chi connectivity index (χ3v) is 5.33. The van der Waals surface area contributed by atoms with Gasteiger partial charge in [-0.15, -0.1) is 0 Å². The summed E-state index contributed by atoms with van der Waals surface area (Å²) in [5.74, 6) is 0. The first-order valence-corrected chi connectivity index (χ1v) is 8.51. The van der Waals surface area contributed by atoms with E-state index in [0.29, 0.717) is 13.2 Å². The average Bonchev–Trinajstić information content (AvgIpc) is 3.04. The highest BCUT2D eigenvalue weighted by Crippen LogP contribution is 2.23. The number of hydrogen-bond acceptors (Lipinski definition) is 3. The lowest BCUT2D eigenvalue weighted by atomic mass is 10.2. The maximum absolute atomic E-state index is 12.7. The fourth-order valence-electron chi connectivity index (χ4n) is 2.34. The predicted molar refractivity (Wildman–Crippen MR) is 84.5 cm³/mol. The summed E-state index contributed by atoms with van der Waals surface area (Å²) in [6, 6.07) is 18.1. The molecule has 22 heavy (non-hydrogen) atoms. The Labute approximate surface area is 130 Å². The Balaban J connectivity index is 1.74. The molecule has 0 fully saturated rings. The van der Waals surface area contributed by atoms with Crippen LogP contribution < -0.4 is 0 Å². The van der Waals surface area contributed by atoms with Gasteiger partial charge in [0, 0.05) is 6.54 Å². The molecule has 0 aliphatic carbocycles. The van der Waals surface area contributed by atoms with Crippen LogP contribution in [0.4, 0.5) is 0 Å². The monoisotopic (exact) mass is 315 g/mol. The van der Waals surface area contributed by atoms with Gasteiger partial charge in [-0.3, -0.25) is 0 Å². The molecule has 1 heterocycles. The Morgan fingerprint density at radius 3 is 2.32 bits per heavy atom. The van der Waals surface area contributed by atoms with E-state index in [4.69, 9.17) is 4.74 Å². The number of rotatable bonds is 5. The van der Waals surface area contributed by atoms with Gasteiger partial charge in [-0.2, -0.15) is 4.31 Å². The van der Waals surface area contributed by atoms with Crippen molar-refractivity contribution in [3.63, 3.8) is 0 Å². The Morgan fingerprint density at radius 2 is 1.64 bits per heavy atom. The largest absolute Gasteiger partial charge is 0.354 e. The molecule has 1 unspecified atom stereocenters. The van der Waals surface area contributed by atoms with Crippen molar-refractivity contribution < 1.29 is 13.2 Å². The van der Waals surface area contributed by atoms with E-state index in [0.717, 1.165) is 5.56 Å². The number of nitrogens with zero attached hydrogens (tertiary/aromatic N) is 1. The lowest BCUT2D eigenvalue weighted by molar-refractivity contribution is 0.0143. The van der Waals surface area contributed by atoms with Gasteiger partial charge < -0.3 is 4.74 Å². The Kier molecular flexibility index (Phi) is 4.38. The van der Waals surface area contributed by atoms with Crippen LogP contribution in [0.1, 0.15) is 5.56 Å². The summed E-state index contributed by atoms with van der Waals surface area (Å²) >= 11 is 0. The normalized spacial score (nSPS) is 18.6. The molecule has 1 aliphatic heterocycles. The van der Waals surface area contributed by atoms with Gasteiger partial charge in [-0.25, -0.2) is 8.42 Å². The van der Waals surface area contributed by atoms with Crippen molar-refractivity contribution in [3.05, 3.63) is 78.4 Å². The number of benzene rings is 2. The molecule has 114 valence electrons. The third kappa shape index (κ3) is 3.11. The van der Waals surface area contributed by atoms with Crippen molar-refractivity contribution in [2.24, 2.45) is 0 Å². The quantitative estimate of drug-likeness (QED) is 0.797. The van der Waals surface area contributed by atoms with Gasteiger partial charge in [-0.1, -0.05) is 54.6 Å². The van der Waals surface area contributed by atoms with E-state index < -0.39 is 16.3 Å². The molecule has 0 spiro atoms. The van der Waals surface area contributed by atoms with E-state index in [1.54, 1.807) is 36.4 Å². The van der Waals surface area contributed by atoms with E-state index in [-0.39, 0.29) is 4.90 Å². The lowest BCUT2D eigenvalue weighted by Crippen LogP contribution is -2.37. The number of sulfonamides is 1. The van der Waals surface area contributed by atoms with Crippen molar-refractivity contribution in [2.75, 3.05) is 6.54 Å². The highest BCUT2D eigenvalue weighted by atomic mass is 32.2. The zero-order valence-corrected chi connectivity index (χ0v) is 12.8. The number of hydrogen-bond donors (Lipinski definition) is 0. The summed E-state index contributed by atoms with van der Waals surface area (Å²) in [5, 5.41) is 0. The van der Waals surface area contributed by atoms with Crippen molar-refractivity contribution in [1.29, 1.82) is 0 Å². The highest BCUT2D eigenvalue weighted by molar-refractivity contribution is 7.89. The van der Waals surface area contributed by atoms with Crippen molar-refractivity contribution >= 4 is 10.0 Å². The van der Waals surface area contributed by atoms with Crippen LogP contribution in [0.3, 0.4) is 0 Å². The topological polar surface area (TPSA) is 46.6 Å². The van der Waals surface area contributed by atoms with E-state index in [1.807, 2.05) is 36.4 Å². The predicted octanol–water partition coefficient (Wildman–Crippen LogP) is 2.79. The van der Waals surface area contributed by atoms with Crippen molar-refractivity contribution in [1.82, 2.24) is 4.31 Å². The third-order valence-electron chi connectivity index (χ3n) is 3.48. The van der Waals surface area contributed by atoms with Crippen LogP contribution in [0.25, 0.3) is 0 Å². The molecule has 0 aromatic heterocycles. The minimum absolute atomic E-state index is 0.284. The second kappa shape index (κ2) is 6.44.